The van der Waals surface area contributed by atoms with E-state index >= 15 is 0 Å². The molecule has 2 aromatic rings. The van der Waals surface area contributed by atoms with E-state index in [9.17, 15) is 0 Å². The van der Waals surface area contributed by atoms with Gasteiger partial charge < -0.3 is 14.9 Å². The first-order valence-corrected chi connectivity index (χ1v) is 3.81. The first-order valence-electron chi connectivity index (χ1n) is 3.81. The Hall–Kier alpha value is -1.97. The summed E-state index contributed by atoms with van der Waals surface area (Å²) in [5, 5.41) is 15.7. The number of phenolic OH excluding ortho intramolecular Hbond substituents is 1. The summed E-state index contributed by atoms with van der Waals surface area (Å²) in [5.41, 5.74) is 0.853. The summed E-state index contributed by atoms with van der Waals surface area (Å²) in [6.45, 7) is 0. The summed E-state index contributed by atoms with van der Waals surface area (Å²) in [6.07, 6.45) is 1.49. The molecule has 0 unspecified atom stereocenters. The topological polar surface area (TPSA) is 58.3 Å². The third-order valence-electron chi connectivity index (χ3n) is 1.58. The molecule has 0 fully saturated rings. The Labute approximate surface area is 74.8 Å². The Bertz CT molecular complexity index is 367. The van der Waals surface area contributed by atoms with Gasteiger partial charge in [0.15, 0.2) is 5.82 Å². The Morgan fingerprint density at radius 2 is 1.92 bits per heavy atom. The van der Waals surface area contributed by atoms with Gasteiger partial charge in [0.1, 0.15) is 12.0 Å². The molecule has 1 aromatic heterocycles. The SMILES string of the molecule is Oc1ccc(Nc2ccon2)cc1. The van der Waals surface area contributed by atoms with Gasteiger partial charge in [0.25, 0.3) is 0 Å². The van der Waals surface area contributed by atoms with E-state index in [0.717, 1.165) is 5.69 Å². The summed E-state index contributed by atoms with van der Waals surface area (Å²) in [4.78, 5) is 0. The van der Waals surface area contributed by atoms with Crippen molar-refractivity contribution in [2.24, 2.45) is 0 Å². The van der Waals surface area contributed by atoms with E-state index in [1.165, 1.54) is 6.26 Å². The predicted molar refractivity (Wildman–Crippen MR) is 47.9 cm³/mol. The number of aromatic nitrogens is 1. The maximum Gasteiger partial charge on any atom is 0.173 e. The van der Waals surface area contributed by atoms with Crippen LogP contribution in [0.15, 0.2) is 41.1 Å². The van der Waals surface area contributed by atoms with Crippen LogP contribution in [0.2, 0.25) is 0 Å². The number of hydrogen-bond acceptors (Lipinski definition) is 4. The van der Waals surface area contributed by atoms with Crippen LogP contribution in [-0.4, -0.2) is 10.3 Å². The molecule has 13 heavy (non-hydrogen) atoms. The largest absolute Gasteiger partial charge is 0.508 e. The minimum Gasteiger partial charge on any atom is -0.508 e. The fraction of sp³-hybridized carbons (Fsp3) is 0. The Morgan fingerprint density at radius 1 is 1.15 bits per heavy atom. The highest BCUT2D eigenvalue weighted by Crippen LogP contribution is 2.17. The highest BCUT2D eigenvalue weighted by atomic mass is 16.5. The lowest BCUT2D eigenvalue weighted by atomic mass is 10.3. The van der Waals surface area contributed by atoms with Crippen molar-refractivity contribution in [1.82, 2.24) is 5.16 Å². The number of anilines is 2. The van der Waals surface area contributed by atoms with E-state index in [0.29, 0.717) is 5.82 Å². The number of hydrogen-bond donors (Lipinski definition) is 2. The smallest absolute Gasteiger partial charge is 0.173 e. The molecule has 4 nitrogen and oxygen atoms in total. The second-order valence-corrected chi connectivity index (χ2v) is 2.56. The third-order valence-corrected chi connectivity index (χ3v) is 1.58. The van der Waals surface area contributed by atoms with Gasteiger partial charge in [-0.05, 0) is 24.3 Å². The molecule has 66 valence electrons. The molecule has 0 radical (unpaired) electrons. The first-order chi connectivity index (χ1) is 6.34. The van der Waals surface area contributed by atoms with Crippen LogP contribution in [0.4, 0.5) is 11.5 Å². The van der Waals surface area contributed by atoms with Crippen molar-refractivity contribution in [1.29, 1.82) is 0 Å². The Morgan fingerprint density at radius 3 is 2.54 bits per heavy atom. The minimum atomic E-state index is 0.241. The zero-order chi connectivity index (χ0) is 9.10. The number of rotatable bonds is 2. The normalized spacial score (nSPS) is 9.85. The van der Waals surface area contributed by atoms with Crippen molar-refractivity contribution >= 4 is 11.5 Å². The van der Waals surface area contributed by atoms with Crippen molar-refractivity contribution in [3.63, 3.8) is 0 Å². The third kappa shape index (κ3) is 1.79. The van der Waals surface area contributed by atoms with Gasteiger partial charge in [-0.25, -0.2) is 0 Å². The molecule has 0 saturated heterocycles. The van der Waals surface area contributed by atoms with Crippen LogP contribution >= 0.6 is 0 Å². The van der Waals surface area contributed by atoms with Gasteiger partial charge in [0, 0.05) is 11.8 Å². The Balaban J connectivity index is 2.15. The summed E-state index contributed by atoms with van der Waals surface area (Å²) < 4.78 is 4.65. The summed E-state index contributed by atoms with van der Waals surface area (Å²) in [5.74, 6) is 0.886. The maximum atomic E-state index is 9.02. The van der Waals surface area contributed by atoms with Crippen LogP contribution in [0.1, 0.15) is 0 Å². The summed E-state index contributed by atoms with van der Waals surface area (Å²) in [6, 6.07) is 8.42. The van der Waals surface area contributed by atoms with Crippen molar-refractivity contribution in [2.45, 2.75) is 0 Å². The highest BCUT2D eigenvalue weighted by molar-refractivity contribution is 5.56. The highest BCUT2D eigenvalue weighted by Gasteiger charge is 1.96. The average Bonchev–Trinajstić information content (AvgIpc) is 2.62. The van der Waals surface area contributed by atoms with Crippen LogP contribution in [-0.2, 0) is 0 Å². The zero-order valence-corrected chi connectivity index (χ0v) is 6.77. The van der Waals surface area contributed by atoms with E-state index < -0.39 is 0 Å². The van der Waals surface area contributed by atoms with Gasteiger partial charge in [-0.3, -0.25) is 0 Å². The fourth-order valence-electron chi connectivity index (χ4n) is 0.970. The van der Waals surface area contributed by atoms with Gasteiger partial charge in [-0.2, -0.15) is 0 Å². The number of nitrogens with zero attached hydrogens (tertiary/aromatic N) is 1. The second-order valence-electron chi connectivity index (χ2n) is 2.56. The quantitative estimate of drug-likeness (QED) is 0.688. The van der Waals surface area contributed by atoms with E-state index in [2.05, 4.69) is 15.0 Å². The molecule has 0 aliphatic carbocycles. The van der Waals surface area contributed by atoms with Gasteiger partial charge in [-0.1, -0.05) is 5.16 Å². The van der Waals surface area contributed by atoms with Crippen molar-refractivity contribution in [3.05, 3.63) is 36.6 Å². The monoisotopic (exact) mass is 176 g/mol. The van der Waals surface area contributed by atoms with Crippen molar-refractivity contribution in [3.8, 4) is 5.75 Å². The van der Waals surface area contributed by atoms with Gasteiger partial charge in [-0.15, -0.1) is 0 Å². The summed E-state index contributed by atoms with van der Waals surface area (Å²) in [7, 11) is 0. The van der Waals surface area contributed by atoms with Crippen LogP contribution in [0.25, 0.3) is 0 Å². The molecule has 0 bridgehead atoms. The molecule has 2 rings (SSSR count). The fourth-order valence-corrected chi connectivity index (χ4v) is 0.970. The lowest BCUT2D eigenvalue weighted by Crippen LogP contribution is -1.88. The standard InChI is InChI=1S/C9H8N2O2/c12-8-3-1-7(2-4-8)10-9-5-6-13-11-9/h1-6,12H,(H,10,11). The van der Waals surface area contributed by atoms with E-state index in [-0.39, 0.29) is 5.75 Å². The van der Waals surface area contributed by atoms with Crippen molar-refractivity contribution < 1.29 is 9.63 Å². The van der Waals surface area contributed by atoms with Crippen LogP contribution in [0.3, 0.4) is 0 Å². The lowest BCUT2D eigenvalue weighted by molar-refractivity contribution is 0.423. The molecule has 1 heterocycles. The number of phenols is 1. The van der Waals surface area contributed by atoms with Crippen molar-refractivity contribution in [2.75, 3.05) is 5.32 Å². The van der Waals surface area contributed by atoms with Crippen LogP contribution in [0, 0.1) is 0 Å². The Kier molecular flexibility index (Phi) is 1.88. The van der Waals surface area contributed by atoms with E-state index in [1.807, 2.05) is 0 Å². The van der Waals surface area contributed by atoms with Gasteiger partial charge in [0.2, 0.25) is 0 Å². The van der Waals surface area contributed by atoms with E-state index in [4.69, 9.17) is 5.11 Å². The minimum absolute atomic E-state index is 0.241. The zero-order valence-electron chi connectivity index (χ0n) is 6.77. The van der Waals surface area contributed by atoms with Gasteiger partial charge in [0.05, 0.1) is 0 Å². The molecule has 0 aliphatic rings. The number of benzene rings is 1. The molecule has 0 atom stereocenters. The van der Waals surface area contributed by atoms with Crippen LogP contribution in [0.5, 0.6) is 5.75 Å². The second kappa shape index (κ2) is 3.18. The molecular formula is C9H8N2O2. The molecule has 4 heteroatoms. The lowest BCUT2D eigenvalue weighted by Gasteiger charge is -2.00. The molecule has 2 N–H and O–H groups in total. The number of nitrogens with one attached hydrogen (secondary N) is 1. The molecule has 1 aromatic carbocycles. The van der Waals surface area contributed by atoms with E-state index in [1.54, 1.807) is 30.3 Å². The summed E-state index contributed by atoms with van der Waals surface area (Å²) >= 11 is 0. The molecule has 0 saturated carbocycles. The molecular weight excluding hydrogens is 168 g/mol. The molecule has 0 spiro atoms. The van der Waals surface area contributed by atoms with Gasteiger partial charge >= 0.3 is 0 Å². The first kappa shape index (κ1) is 7.67. The average molecular weight is 176 g/mol. The molecule has 0 aliphatic heterocycles. The predicted octanol–water partition coefficient (Wildman–Crippen LogP) is 2.12. The maximum absolute atomic E-state index is 9.02. The molecule has 0 amide bonds. The number of aromatic hydroxyl groups is 1. The van der Waals surface area contributed by atoms with Crippen LogP contribution < -0.4 is 5.32 Å².